The molecule has 380 valence electrons. The van der Waals surface area contributed by atoms with Crippen LogP contribution in [0.3, 0.4) is 0 Å². The van der Waals surface area contributed by atoms with Gasteiger partial charge < -0.3 is 9.13 Å². The Morgan fingerprint density at radius 3 is 1.04 bits per heavy atom. The molecule has 13 aromatic rings. The van der Waals surface area contributed by atoms with E-state index in [1.165, 1.54) is 6.07 Å². The molecule has 0 N–H and O–H groups in total. The van der Waals surface area contributed by atoms with Crippen molar-refractivity contribution in [3.8, 4) is 84.2 Å². The fourth-order valence-electron chi connectivity index (χ4n) is 12.2. The third-order valence-corrected chi connectivity index (χ3v) is 16.1. The topological polar surface area (TPSA) is 33.6 Å². The Labute approximate surface area is 457 Å². The van der Waals surface area contributed by atoms with Gasteiger partial charge in [-0.25, -0.2) is 0 Å². The molecule has 0 radical (unpaired) electrons. The van der Waals surface area contributed by atoms with Crippen molar-refractivity contribution in [2.24, 2.45) is 0 Å². The van der Waals surface area contributed by atoms with Crippen LogP contribution in [0.1, 0.15) is 38.9 Å². The lowest BCUT2D eigenvalue weighted by atomic mass is 9.90. The number of alkyl halides is 3. The molecule has 0 bridgehead atoms. The van der Waals surface area contributed by atoms with Crippen molar-refractivity contribution in [1.82, 2.24) is 9.13 Å². The summed E-state index contributed by atoms with van der Waals surface area (Å²) >= 11 is 0. The van der Waals surface area contributed by atoms with E-state index in [9.17, 15) is 5.26 Å². The van der Waals surface area contributed by atoms with Crippen LogP contribution in [-0.4, -0.2) is 9.13 Å². The van der Waals surface area contributed by atoms with Crippen molar-refractivity contribution in [2.75, 3.05) is 0 Å². The van der Waals surface area contributed by atoms with Crippen LogP contribution in [0.5, 0.6) is 0 Å². The van der Waals surface area contributed by atoms with Crippen molar-refractivity contribution in [1.29, 1.82) is 5.26 Å². The highest BCUT2D eigenvalue weighted by Gasteiger charge is 2.35. The van der Waals surface area contributed by atoms with E-state index in [2.05, 4.69) is 213 Å². The molecular formula is C73H52F3N3. The minimum absolute atomic E-state index is 0.109. The molecular weight excluding hydrogens is 976 g/mol. The van der Waals surface area contributed by atoms with Crippen molar-refractivity contribution in [3.63, 3.8) is 0 Å². The molecule has 79 heavy (non-hydrogen) atoms. The van der Waals surface area contributed by atoms with Crippen LogP contribution in [0, 0.1) is 45.9 Å². The number of halogens is 3. The lowest BCUT2D eigenvalue weighted by Crippen LogP contribution is -2.08. The Bertz CT molecular complexity index is 4470. The fraction of sp³-hybridized carbons (Fsp3) is 0.0822. The summed E-state index contributed by atoms with van der Waals surface area (Å²) in [6, 6.07) is 78.3. The first-order chi connectivity index (χ1) is 38.3. The second-order valence-electron chi connectivity index (χ2n) is 20.9. The van der Waals surface area contributed by atoms with Gasteiger partial charge in [0.15, 0.2) is 0 Å². The third kappa shape index (κ3) is 8.29. The predicted octanol–water partition coefficient (Wildman–Crippen LogP) is 20.3. The molecule has 0 unspecified atom stereocenters. The maximum Gasteiger partial charge on any atom is 0.417 e. The normalized spacial score (nSPS) is 11.8. The van der Waals surface area contributed by atoms with Gasteiger partial charge >= 0.3 is 6.18 Å². The minimum atomic E-state index is -4.63. The van der Waals surface area contributed by atoms with Crippen LogP contribution in [0.2, 0.25) is 0 Å². The van der Waals surface area contributed by atoms with Crippen LogP contribution in [0.4, 0.5) is 13.2 Å². The molecule has 0 saturated carbocycles. The first kappa shape index (κ1) is 48.9. The Morgan fingerprint density at radius 2 is 0.671 bits per heavy atom. The van der Waals surface area contributed by atoms with Crippen molar-refractivity contribution in [3.05, 3.63) is 263 Å². The molecule has 6 heteroatoms. The van der Waals surface area contributed by atoms with E-state index in [1.807, 2.05) is 36.4 Å². The van der Waals surface area contributed by atoms with Gasteiger partial charge in [0.1, 0.15) is 0 Å². The van der Waals surface area contributed by atoms with Gasteiger partial charge in [0.2, 0.25) is 0 Å². The summed E-state index contributed by atoms with van der Waals surface area (Å²) in [5.41, 5.74) is 20.8. The number of benzene rings is 11. The van der Waals surface area contributed by atoms with Crippen LogP contribution in [0.15, 0.2) is 224 Å². The number of aryl methyl sites for hydroxylation is 5. The van der Waals surface area contributed by atoms with Crippen LogP contribution < -0.4 is 0 Å². The Kier molecular flexibility index (Phi) is 11.8. The van der Waals surface area contributed by atoms with Gasteiger partial charge in [-0.15, -0.1) is 0 Å². The highest BCUT2D eigenvalue weighted by atomic mass is 19.4. The molecule has 0 aliphatic carbocycles. The summed E-state index contributed by atoms with van der Waals surface area (Å²) in [4.78, 5) is 0. The van der Waals surface area contributed by atoms with Gasteiger partial charge in [-0.05, 0) is 203 Å². The lowest BCUT2D eigenvalue weighted by molar-refractivity contribution is -0.137. The summed E-state index contributed by atoms with van der Waals surface area (Å²) in [6.45, 7) is 10.3. The molecule has 0 aliphatic rings. The average molecular weight is 1030 g/mol. The molecule has 0 spiro atoms. The molecule has 11 aromatic carbocycles. The largest absolute Gasteiger partial charge is 0.417 e. The first-order valence-corrected chi connectivity index (χ1v) is 26.6. The molecule has 0 saturated heterocycles. The molecule has 0 amide bonds. The monoisotopic (exact) mass is 1030 g/mol. The number of hydrogen-bond acceptors (Lipinski definition) is 1. The smallest absolute Gasteiger partial charge is 0.309 e. The summed E-state index contributed by atoms with van der Waals surface area (Å²) in [7, 11) is 0. The Morgan fingerprint density at radius 1 is 0.329 bits per heavy atom. The van der Waals surface area contributed by atoms with E-state index in [1.54, 1.807) is 13.0 Å². The van der Waals surface area contributed by atoms with E-state index in [4.69, 9.17) is 0 Å². The van der Waals surface area contributed by atoms with Gasteiger partial charge in [-0.2, -0.15) is 18.4 Å². The highest BCUT2D eigenvalue weighted by molar-refractivity contribution is 6.14. The summed E-state index contributed by atoms with van der Waals surface area (Å²) in [6.07, 6.45) is -4.63. The fourth-order valence-corrected chi connectivity index (χ4v) is 12.2. The van der Waals surface area contributed by atoms with Crippen LogP contribution in [-0.2, 0) is 6.18 Å². The molecule has 13 rings (SSSR count). The first-order valence-electron chi connectivity index (χ1n) is 26.6. The zero-order valence-corrected chi connectivity index (χ0v) is 44.3. The van der Waals surface area contributed by atoms with E-state index in [0.717, 1.165) is 128 Å². The molecule has 2 aromatic heterocycles. The predicted molar refractivity (Wildman–Crippen MR) is 321 cm³/mol. The molecule has 0 aliphatic heterocycles. The number of aromatic nitrogens is 2. The highest BCUT2D eigenvalue weighted by Crippen LogP contribution is 2.47. The third-order valence-electron chi connectivity index (χ3n) is 16.1. The number of fused-ring (bicyclic) bond motifs is 6. The van der Waals surface area contributed by atoms with Crippen molar-refractivity contribution >= 4 is 43.6 Å². The van der Waals surface area contributed by atoms with E-state index in [-0.39, 0.29) is 5.56 Å². The maximum atomic E-state index is 15.3. The van der Waals surface area contributed by atoms with E-state index in [0.29, 0.717) is 27.8 Å². The number of hydrogen-bond donors (Lipinski definition) is 0. The number of nitriles is 1. The summed E-state index contributed by atoms with van der Waals surface area (Å²) in [5.74, 6) is 0. The lowest BCUT2D eigenvalue weighted by Gasteiger charge is -2.22. The Hall–Kier alpha value is -9.70. The molecule has 0 fully saturated rings. The van der Waals surface area contributed by atoms with Crippen molar-refractivity contribution < 1.29 is 13.2 Å². The van der Waals surface area contributed by atoms with Gasteiger partial charge in [0.25, 0.3) is 0 Å². The standard InChI is InChI=1S/C73H52F3N3/c1-44-15-6-10-20-55(44)50-26-32-67-60(38-50)61-39-51(56-21-11-7-16-45(56)2)27-33-68(61)78(67)66-31-25-49(43-77)37-59(66)64-42-54(72-48(5)19-14-24-65(72)73(74,75)76)30-36-71(64)79-69-34-28-52(57-22-12-8-17-46(57)3)40-62(69)63-41-53(29-35-70(63)79)58-23-13-9-18-47(58)4/h6-42H,1-5H3. The summed E-state index contributed by atoms with van der Waals surface area (Å²) in [5, 5.41) is 15.0. The number of rotatable bonds is 8. The molecule has 3 nitrogen and oxygen atoms in total. The van der Waals surface area contributed by atoms with E-state index < -0.39 is 11.7 Å². The van der Waals surface area contributed by atoms with Crippen LogP contribution >= 0.6 is 0 Å². The zero-order valence-electron chi connectivity index (χ0n) is 44.3. The van der Waals surface area contributed by atoms with Gasteiger partial charge in [0.05, 0.1) is 50.6 Å². The Balaban J connectivity index is 1.14. The maximum absolute atomic E-state index is 15.3. The van der Waals surface area contributed by atoms with Gasteiger partial charge in [0, 0.05) is 32.7 Å². The van der Waals surface area contributed by atoms with E-state index >= 15 is 13.2 Å². The second-order valence-corrected chi connectivity index (χ2v) is 20.9. The van der Waals surface area contributed by atoms with Crippen LogP contribution in [0.25, 0.3) is 122 Å². The SMILES string of the molecule is Cc1ccccc1-c1ccc2c(c1)c1cc(-c3ccccc3C)ccc1n2-c1ccc(C#N)cc1-c1cc(-c2c(C)cccc2C(F)(F)F)ccc1-n1c2ccc(-c3ccccc3C)cc2c2cc(-c3ccccc3C)ccc21. The molecule has 2 heterocycles. The molecule has 0 atom stereocenters. The number of nitrogens with zero attached hydrogens (tertiary/aromatic N) is 3. The quantitative estimate of drug-likeness (QED) is 0.149. The van der Waals surface area contributed by atoms with Gasteiger partial charge in [-0.1, -0.05) is 140 Å². The second kappa shape index (κ2) is 19.1. The summed E-state index contributed by atoms with van der Waals surface area (Å²) < 4.78 is 50.3. The minimum Gasteiger partial charge on any atom is -0.309 e. The van der Waals surface area contributed by atoms with Crippen molar-refractivity contribution in [2.45, 2.75) is 40.8 Å². The zero-order chi connectivity index (χ0) is 54.3. The van der Waals surface area contributed by atoms with Gasteiger partial charge in [-0.3, -0.25) is 0 Å². The average Bonchev–Trinajstić information content (AvgIpc) is 3.90.